The number of hydrogen-bond donors (Lipinski definition) is 1. The second kappa shape index (κ2) is 6.66. The van der Waals surface area contributed by atoms with Crippen LogP contribution in [0.2, 0.25) is 0 Å². The quantitative estimate of drug-likeness (QED) is 0.473. The highest BCUT2D eigenvalue weighted by Gasteiger charge is 2.22. The molecular formula is C20H16BrN3O3. The second-order valence-electron chi connectivity index (χ2n) is 6.43. The van der Waals surface area contributed by atoms with Gasteiger partial charge in [0.25, 0.3) is 5.91 Å². The van der Waals surface area contributed by atoms with Crippen LogP contribution in [-0.2, 0) is 0 Å². The molecule has 4 aromatic rings. The van der Waals surface area contributed by atoms with Gasteiger partial charge in [0.2, 0.25) is 5.82 Å². The molecule has 4 rings (SSSR count). The van der Waals surface area contributed by atoms with Gasteiger partial charge in [-0.1, -0.05) is 34.1 Å². The lowest BCUT2D eigenvalue weighted by Crippen LogP contribution is -2.13. The van der Waals surface area contributed by atoms with E-state index in [2.05, 4.69) is 37.6 Å². The Hall–Kier alpha value is -2.93. The largest absolute Gasteiger partial charge is 0.451 e. The Morgan fingerprint density at radius 2 is 1.81 bits per heavy atom. The number of benzene rings is 2. The topological polar surface area (TPSA) is 81.2 Å². The van der Waals surface area contributed by atoms with Gasteiger partial charge in [-0.15, -0.1) is 0 Å². The smallest absolute Gasteiger partial charge is 0.292 e. The van der Waals surface area contributed by atoms with Gasteiger partial charge in [0.15, 0.2) is 11.5 Å². The second-order valence-corrected chi connectivity index (χ2v) is 7.35. The van der Waals surface area contributed by atoms with Crippen LogP contribution in [0.5, 0.6) is 0 Å². The van der Waals surface area contributed by atoms with Crippen molar-refractivity contribution in [2.75, 3.05) is 5.32 Å². The normalized spacial score (nSPS) is 11.1. The highest BCUT2D eigenvalue weighted by Crippen LogP contribution is 2.31. The average Bonchev–Trinajstić information content (AvgIpc) is 3.20. The number of carbonyl (C=O) groups is 1. The maximum Gasteiger partial charge on any atom is 0.292 e. The first-order chi connectivity index (χ1) is 12.9. The molecule has 0 saturated carbocycles. The molecule has 136 valence electrons. The van der Waals surface area contributed by atoms with Crippen LogP contribution in [0.25, 0.3) is 22.2 Å². The molecule has 7 heteroatoms. The lowest BCUT2D eigenvalue weighted by Gasteiger charge is -2.02. The van der Waals surface area contributed by atoms with Crippen molar-refractivity contribution in [2.45, 2.75) is 20.8 Å². The molecule has 0 radical (unpaired) electrons. The van der Waals surface area contributed by atoms with Gasteiger partial charge in [0.05, 0.1) is 0 Å². The number of amides is 1. The number of furan rings is 1. The molecule has 0 spiro atoms. The van der Waals surface area contributed by atoms with Gasteiger partial charge in [-0.3, -0.25) is 10.1 Å². The van der Waals surface area contributed by atoms with Crippen LogP contribution in [0.15, 0.2) is 49.9 Å². The van der Waals surface area contributed by atoms with E-state index in [1.807, 2.05) is 51.1 Å². The van der Waals surface area contributed by atoms with Crippen LogP contribution in [0, 0.1) is 20.8 Å². The van der Waals surface area contributed by atoms with E-state index in [9.17, 15) is 4.79 Å². The van der Waals surface area contributed by atoms with Crippen molar-refractivity contribution in [1.29, 1.82) is 0 Å². The van der Waals surface area contributed by atoms with Crippen LogP contribution in [0.3, 0.4) is 0 Å². The number of hydrogen-bond acceptors (Lipinski definition) is 5. The fraction of sp³-hybridized carbons (Fsp3) is 0.150. The first-order valence-electron chi connectivity index (χ1n) is 8.34. The Morgan fingerprint density at radius 3 is 2.56 bits per heavy atom. The van der Waals surface area contributed by atoms with E-state index in [1.165, 1.54) is 0 Å². The number of rotatable bonds is 3. The monoisotopic (exact) mass is 425 g/mol. The van der Waals surface area contributed by atoms with Crippen molar-refractivity contribution < 1.29 is 13.8 Å². The predicted octanol–water partition coefficient (Wildman–Crippen LogP) is 5.42. The third kappa shape index (κ3) is 3.14. The molecule has 0 aliphatic carbocycles. The first-order valence-corrected chi connectivity index (χ1v) is 9.13. The van der Waals surface area contributed by atoms with Crippen LogP contribution in [0.4, 0.5) is 5.82 Å². The molecule has 0 unspecified atom stereocenters. The van der Waals surface area contributed by atoms with Gasteiger partial charge in [-0.2, -0.15) is 0 Å². The first kappa shape index (κ1) is 17.5. The molecule has 0 fully saturated rings. The number of halogens is 1. The summed E-state index contributed by atoms with van der Waals surface area (Å²) < 4.78 is 11.6. The van der Waals surface area contributed by atoms with Crippen molar-refractivity contribution in [3.05, 3.63) is 63.3 Å². The molecule has 0 aliphatic rings. The van der Waals surface area contributed by atoms with E-state index in [0.717, 1.165) is 32.1 Å². The summed E-state index contributed by atoms with van der Waals surface area (Å²) in [5.74, 6) is 0.105. The Morgan fingerprint density at radius 1 is 1.07 bits per heavy atom. The molecular weight excluding hydrogens is 410 g/mol. The molecule has 2 aromatic carbocycles. The molecule has 2 heterocycles. The van der Waals surface area contributed by atoms with E-state index < -0.39 is 5.91 Å². The maximum atomic E-state index is 12.8. The summed E-state index contributed by atoms with van der Waals surface area (Å²) in [5.41, 5.74) is 4.88. The van der Waals surface area contributed by atoms with Gasteiger partial charge in [0.1, 0.15) is 5.58 Å². The third-order valence-electron chi connectivity index (χ3n) is 4.42. The Bertz CT molecular complexity index is 1160. The minimum atomic E-state index is -0.394. The number of nitrogens with zero attached hydrogens (tertiary/aromatic N) is 2. The maximum absolute atomic E-state index is 12.8. The van der Waals surface area contributed by atoms with Crippen LogP contribution < -0.4 is 5.32 Å². The molecule has 6 nitrogen and oxygen atoms in total. The fourth-order valence-corrected chi connectivity index (χ4v) is 3.50. The van der Waals surface area contributed by atoms with Crippen LogP contribution in [0.1, 0.15) is 27.2 Å². The number of aryl methyl sites for hydroxylation is 3. The Balaban J connectivity index is 1.69. The number of fused-ring (bicyclic) bond motifs is 1. The van der Waals surface area contributed by atoms with Gasteiger partial charge in [0, 0.05) is 21.0 Å². The minimum absolute atomic E-state index is 0.245. The SMILES string of the molecule is Cc1cc(C)c2c(C)c(C(=O)Nc3nonc3-c3ccc(Br)cc3)oc2c1. The lowest BCUT2D eigenvalue weighted by molar-refractivity contribution is 0.0997. The van der Waals surface area contributed by atoms with Crippen molar-refractivity contribution in [1.82, 2.24) is 10.3 Å². The number of aromatic nitrogens is 2. The highest BCUT2D eigenvalue weighted by molar-refractivity contribution is 9.10. The predicted molar refractivity (Wildman–Crippen MR) is 106 cm³/mol. The van der Waals surface area contributed by atoms with Gasteiger partial charge < -0.3 is 4.42 Å². The standard InChI is InChI=1S/C20H16BrN3O3/c1-10-8-11(2)16-12(3)18(26-15(16)9-10)20(25)22-19-17(23-27-24-19)13-4-6-14(21)7-5-13/h4-9H,1-3H3,(H,22,24,25). The van der Waals surface area contributed by atoms with Gasteiger partial charge in [-0.05, 0) is 60.4 Å². The average molecular weight is 426 g/mol. The zero-order valence-electron chi connectivity index (χ0n) is 15.0. The summed E-state index contributed by atoms with van der Waals surface area (Å²) in [6.07, 6.45) is 0. The van der Waals surface area contributed by atoms with Gasteiger partial charge in [-0.25, -0.2) is 4.63 Å². The Kier molecular flexibility index (Phi) is 4.31. The molecule has 1 N–H and O–H groups in total. The molecule has 27 heavy (non-hydrogen) atoms. The minimum Gasteiger partial charge on any atom is -0.451 e. The molecule has 2 aromatic heterocycles. The summed E-state index contributed by atoms with van der Waals surface area (Å²) in [6, 6.07) is 11.5. The molecule has 0 saturated heterocycles. The van der Waals surface area contributed by atoms with E-state index in [0.29, 0.717) is 11.3 Å². The fourth-order valence-electron chi connectivity index (χ4n) is 3.24. The number of carbonyl (C=O) groups excluding carboxylic acids is 1. The van der Waals surface area contributed by atoms with Crippen LogP contribution in [-0.4, -0.2) is 16.2 Å². The number of anilines is 1. The summed E-state index contributed by atoms with van der Waals surface area (Å²) >= 11 is 3.39. The van der Waals surface area contributed by atoms with Crippen LogP contribution >= 0.6 is 15.9 Å². The van der Waals surface area contributed by atoms with Crippen molar-refractivity contribution in [3.8, 4) is 11.3 Å². The van der Waals surface area contributed by atoms with Gasteiger partial charge >= 0.3 is 0 Å². The third-order valence-corrected chi connectivity index (χ3v) is 4.94. The van der Waals surface area contributed by atoms with E-state index in [-0.39, 0.29) is 11.6 Å². The lowest BCUT2D eigenvalue weighted by atomic mass is 10.0. The zero-order valence-corrected chi connectivity index (χ0v) is 16.5. The van der Waals surface area contributed by atoms with E-state index in [1.54, 1.807) is 0 Å². The molecule has 0 aliphatic heterocycles. The van der Waals surface area contributed by atoms with Crippen molar-refractivity contribution in [3.63, 3.8) is 0 Å². The molecule has 1 amide bonds. The summed E-state index contributed by atoms with van der Waals surface area (Å²) in [5, 5.41) is 11.4. The van der Waals surface area contributed by atoms with Crippen molar-refractivity contribution in [2.24, 2.45) is 0 Å². The zero-order chi connectivity index (χ0) is 19.1. The molecule has 0 bridgehead atoms. The summed E-state index contributed by atoms with van der Waals surface area (Å²) in [7, 11) is 0. The van der Waals surface area contributed by atoms with E-state index >= 15 is 0 Å². The van der Waals surface area contributed by atoms with E-state index in [4.69, 9.17) is 9.05 Å². The molecule has 0 atom stereocenters. The van der Waals surface area contributed by atoms with Crippen molar-refractivity contribution >= 4 is 38.6 Å². The summed E-state index contributed by atoms with van der Waals surface area (Å²) in [4.78, 5) is 12.8. The number of nitrogens with one attached hydrogen (secondary N) is 1. The Labute approximate surface area is 163 Å². The highest BCUT2D eigenvalue weighted by atomic mass is 79.9. The summed E-state index contributed by atoms with van der Waals surface area (Å²) in [6.45, 7) is 5.88.